The van der Waals surface area contributed by atoms with Gasteiger partial charge in [0.2, 0.25) is 5.28 Å². The molecule has 0 bridgehead atoms. The Morgan fingerprint density at radius 2 is 2.17 bits per heavy atom. The number of aromatic nitrogens is 2. The minimum atomic E-state index is -0.563. The number of amides is 1. The maximum Gasteiger partial charge on any atom is 0.413 e. The van der Waals surface area contributed by atoms with Crippen molar-refractivity contribution in [2.45, 2.75) is 26.4 Å². The van der Waals surface area contributed by atoms with Gasteiger partial charge in [0, 0.05) is 0 Å². The first-order valence-corrected chi connectivity index (χ1v) is 6.52. The Labute approximate surface area is 113 Å². The lowest BCUT2D eigenvalue weighted by molar-refractivity contribution is 0.0635. The Bertz CT molecular complexity index is 591. The molecule has 0 aliphatic rings. The van der Waals surface area contributed by atoms with Crippen LogP contribution in [0.25, 0.3) is 10.2 Å². The van der Waals surface area contributed by atoms with E-state index >= 15 is 0 Å². The molecule has 2 aromatic heterocycles. The average molecular weight is 286 g/mol. The number of carbonyl (C=O) groups excluding carboxylic acids is 1. The number of hydrogen-bond donors (Lipinski definition) is 1. The van der Waals surface area contributed by atoms with E-state index in [1.54, 1.807) is 20.8 Å². The molecular formula is C11H12ClN3O2S. The zero-order valence-electron chi connectivity index (χ0n) is 10.2. The van der Waals surface area contributed by atoms with Gasteiger partial charge in [-0.1, -0.05) is 0 Å². The van der Waals surface area contributed by atoms with Crippen molar-refractivity contribution in [2.75, 3.05) is 5.32 Å². The summed E-state index contributed by atoms with van der Waals surface area (Å²) in [5.41, 5.74) is 0.140. The highest BCUT2D eigenvalue weighted by molar-refractivity contribution is 7.17. The molecule has 0 spiro atoms. The summed E-state index contributed by atoms with van der Waals surface area (Å²) in [6, 6.07) is 1.81. The highest BCUT2D eigenvalue weighted by Gasteiger charge is 2.18. The van der Waals surface area contributed by atoms with Crippen LogP contribution in [0.2, 0.25) is 5.28 Å². The summed E-state index contributed by atoms with van der Waals surface area (Å²) < 4.78 is 5.93. The van der Waals surface area contributed by atoms with E-state index in [9.17, 15) is 4.79 Å². The molecule has 0 aromatic carbocycles. The van der Waals surface area contributed by atoms with E-state index in [2.05, 4.69) is 15.3 Å². The Morgan fingerprint density at radius 1 is 1.44 bits per heavy atom. The van der Waals surface area contributed by atoms with Crippen LogP contribution in [0.1, 0.15) is 20.8 Å². The van der Waals surface area contributed by atoms with Crippen LogP contribution in [0.4, 0.5) is 10.6 Å². The predicted octanol–water partition coefficient (Wildman–Crippen LogP) is 3.69. The van der Waals surface area contributed by atoms with Gasteiger partial charge in [0.25, 0.3) is 0 Å². The largest absolute Gasteiger partial charge is 0.444 e. The number of nitrogens with one attached hydrogen (secondary N) is 1. The Morgan fingerprint density at radius 3 is 2.83 bits per heavy atom. The molecule has 2 aromatic rings. The number of fused-ring (bicyclic) bond motifs is 1. The standard InChI is InChI=1S/C11H12ClN3O2S/c1-11(2,3)17-10(16)15-8-7-6(4-5-18-7)13-9(12)14-8/h4-5H,1-3H3,(H,13,14,15,16). The molecule has 0 radical (unpaired) electrons. The van der Waals surface area contributed by atoms with Gasteiger partial charge in [-0.3, -0.25) is 5.32 Å². The van der Waals surface area contributed by atoms with Gasteiger partial charge in [0.05, 0.1) is 10.2 Å². The first kappa shape index (κ1) is 13.0. The van der Waals surface area contributed by atoms with Crippen LogP contribution in [0.15, 0.2) is 11.4 Å². The van der Waals surface area contributed by atoms with Gasteiger partial charge >= 0.3 is 6.09 Å². The van der Waals surface area contributed by atoms with Gasteiger partial charge in [-0.15, -0.1) is 11.3 Å². The predicted molar refractivity (Wildman–Crippen MR) is 72.3 cm³/mol. The third-order valence-corrected chi connectivity index (χ3v) is 2.98. The van der Waals surface area contributed by atoms with E-state index < -0.39 is 11.7 Å². The molecule has 2 heterocycles. The SMILES string of the molecule is CC(C)(C)OC(=O)Nc1nc(Cl)nc2ccsc12. The molecule has 96 valence electrons. The first-order valence-electron chi connectivity index (χ1n) is 5.26. The van der Waals surface area contributed by atoms with Crippen molar-refractivity contribution >= 4 is 45.1 Å². The van der Waals surface area contributed by atoms with Gasteiger partial charge in [-0.05, 0) is 43.8 Å². The zero-order chi connectivity index (χ0) is 13.3. The van der Waals surface area contributed by atoms with Gasteiger partial charge in [-0.25, -0.2) is 9.78 Å². The number of carbonyl (C=O) groups is 1. The molecule has 0 saturated heterocycles. The van der Waals surface area contributed by atoms with E-state index in [-0.39, 0.29) is 5.28 Å². The molecule has 0 unspecified atom stereocenters. The monoisotopic (exact) mass is 285 g/mol. The zero-order valence-corrected chi connectivity index (χ0v) is 11.7. The fraction of sp³-hybridized carbons (Fsp3) is 0.364. The lowest BCUT2D eigenvalue weighted by Gasteiger charge is -2.19. The summed E-state index contributed by atoms with van der Waals surface area (Å²) >= 11 is 7.22. The summed E-state index contributed by atoms with van der Waals surface area (Å²) in [5, 5.41) is 4.53. The quantitative estimate of drug-likeness (QED) is 0.812. The number of nitrogens with zero attached hydrogens (tertiary/aromatic N) is 2. The van der Waals surface area contributed by atoms with E-state index in [0.717, 1.165) is 4.70 Å². The molecule has 1 amide bonds. The van der Waals surface area contributed by atoms with Gasteiger partial charge < -0.3 is 4.74 Å². The Balaban J connectivity index is 2.26. The molecule has 0 aliphatic heterocycles. The fourth-order valence-electron chi connectivity index (χ4n) is 1.32. The number of halogens is 1. The fourth-order valence-corrected chi connectivity index (χ4v) is 2.27. The van der Waals surface area contributed by atoms with E-state index in [4.69, 9.17) is 16.3 Å². The van der Waals surface area contributed by atoms with Crippen molar-refractivity contribution in [2.24, 2.45) is 0 Å². The lowest BCUT2D eigenvalue weighted by atomic mass is 10.2. The molecule has 0 saturated carbocycles. The normalized spacial score (nSPS) is 11.6. The van der Waals surface area contributed by atoms with Crippen LogP contribution in [0, 0.1) is 0 Å². The lowest BCUT2D eigenvalue weighted by Crippen LogP contribution is -2.27. The van der Waals surface area contributed by atoms with Gasteiger partial charge in [0.15, 0.2) is 5.82 Å². The Kier molecular flexibility index (Phi) is 3.41. The number of ether oxygens (including phenoxy) is 1. The molecule has 7 heteroatoms. The minimum absolute atomic E-state index is 0.0898. The van der Waals surface area contributed by atoms with Crippen molar-refractivity contribution in [3.05, 3.63) is 16.7 Å². The van der Waals surface area contributed by atoms with Gasteiger partial charge in [0.1, 0.15) is 5.60 Å². The minimum Gasteiger partial charge on any atom is -0.444 e. The molecule has 0 fully saturated rings. The third-order valence-electron chi connectivity index (χ3n) is 1.90. The molecule has 5 nitrogen and oxygen atoms in total. The van der Waals surface area contributed by atoms with Crippen LogP contribution in [-0.4, -0.2) is 21.7 Å². The smallest absolute Gasteiger partial charge is 0.413 e. The van der Waals surface area contributed by atoms with Crippen LogP contribution in [0.5, 0.6) is 0 Å². The van der Waals surface area contributed by atoms with E-state index in [1.807, 2.05) is 11.4 Å². The second-order valence-electron chi connectivity index (χ2n) is 4.60. The van der Waals surface area contributed by atoms with Crippen molar-refractivity contribution in [3.63, 3.8) is 0 Å². The molecular weight excluding hydrogens is 274 g/mol. The van der Waals surface area contributed by atoms with Crippen molar-refractivity contribution in [1.29, 1.82) is 0 Å². The van der Waals surface area contributed by atoms with E-state index in [0.29, 0.717) is 11.3 Å². The first-order chi connectivity index (χ1) is 8.35. The van der Waals surface area contributed by atoms with Crippen molar-refractivity contribution in [3.8, 4) is 0 Å². The molecule has 0 atom stereocenters. The average Bonchev–Trinajstić information content (AvgIpc) is 2.61. The topological polar surface area (TPSA) is 64.1 Å². The van der Waals surface area contributed by atoms with Gasteiger partial charge in [-0.2, -0.15) is 4.98 Å². The maximum absolute atomic E-state index is 11.7. The van der Waals surface area contributed by atoms with E-state index in [1.165, 1.54) is 11.3 Å². The van der Waals surface area contributed by atoms with Crippen molar-refractivity contribution in [1.82, 2.24) is 9.97 Å². The summed E-state index contributed by atoms with van der Waals surface area (Å²) in [4.78, 5) is 19.7. The highest BCUT2D eigenvalue weighted by atomic mass is 35.5. The second-order valence-corrected chi connectivity index (χ2v) is 5.86. The summed E-state index contributed by atoms with van der Waals surface area (Å²) in [7, 11) is 0. The number of hydrogen-bond acceptors (Lipinski definition) is 5. The molecule has 0 aliphatic carbocycles. The van der Waals surface area contributed by atoms with Crippen LogP contribution in [-0.2, 0) is 4.74 Å². The maximum atomic E-state index is 11.7. The van der Waals surface area contributed by atoms with Crippen LogP contribution < -0.4 is 5.32 Å². The number of rotatable bonds is 1. The second kappa shape index (κ2) is 4.70. The van der Waals surface area contributed by atoms with Crippen LogP contribution in [0.3, 0.4) is 0 Å². The number of thiophene rings is 1. The molecule has 2 rings (SSSR count). The van der Waals surface area contributed by atoms with Crippen molar-refractivity contribution < 1.29 is 9.53 Å². The van der Waals surface area contributed by atoms with Crippen LogP contribution >= 0.6 is 22.9 Å². The molecule has 1 N–H and O–H groups in total. The molecule has 18 heavy (non-hydrogen) atoms. The number of anilines is 1. The summed E-state index contributed by atoms with van der Waals surface area (Å²) in [6.45, 7) is 5.38. The third kappa shape index (κ3) is 3.08. The highest BCUT2D eigenvalue weighted by Crippen LogP contribution is 2.27. The summed E-state index contributed by atoms with van der Waals surface area (Å²) in [5.74, 6) is 0.370. The Hall–Kier alpha value is -1.40. The summed E-state index contributed by atoms with van der Waals surface area (Å²) in [6.07, 6.45) is -0.563.